The quantitative estimate of drug-likeness (QED) is 0.758. The number of halogens is 2. The topological polar surface area (TPSA) is 98.2 Å². The maximum absolute atomic E-state index is 12.2. The molecule has 6 nitrogen and oxygen atoms in total. The van der Waals surface area contributed by atoms with Crippen molar-refractivity contribution in [2.24, 2.45) is 0 Å². The summed E-state index contributed by atoms with van der Waals surface area (Å²) in [7, 11) is -3.85. The molecule has 1 heterocycles. The number of aromatic nitrogens is 1. The fourth-order valence-electron chi connectivity index (χ4n) is 1.46. The van der Waals surface area contributed by atoms with Crippen LogP contribution in [-0.4, -0.2) is 13.6 Å². The fourth-order valence-corrected chi connectivity index (χ4v) is 4.50. The van der Waals surface area contributed by atoms with Crippen LogP contribution < -0.4 is 10.5 Å². The minimum absolute atomic E-state index is 0.0340. The molecule has 0 unspecified atom stereocenters. The smallest absolute Gasteiger partial charge is 0.267 e. The lowest BCUT2D eigenvalue weighted by atomic mass is 10.3. The summed E-state index contributed by atoms with van der Waals surface area (Å²) in [6.07, 6.45) is 0. The highest BCUT2D eigenvalue weighted by Gasteiger charge is 2.23. The summed E-state index contributed by atoms with van der Waals surface area (Å²) < 4.78 is 32.6. The van der Waals surface area contributed by atoms with Crippen molar-refractivity contribution >= 4 is 53.5 Å². The third-order valence-electron chi connectivity index (χ3n) is 2.17. The highest BCUT2D eigenvalue weighted by molar-refractivity contribution is 9.11. The molecule has 0 amide bonds. The van der Waals surface area contributed by atoms with Crippen LogP contribution in [0.4, 0.5) is 11.6 Å². The van der Waals surface area contributed by atoms with E-state index in [1.54, 1.807) is 13.0 Å². The van der Waals surface area contributed by atoms with E-state index < -0.39 is 10.0 Å². The second kappa shape index (κ2) is 5.14. The highest BCUT2D eigenvalue weighted by atomic mass is 79.9. The molecule has 0 atom stereocenters. The zero-order valence-electron chi connectivity index (χ0n) is 9.65. The number of hydrogen-bond acceptors (Lipinski definition) is 5. The van der Waals surface area contributed by atoms with Crippen molar-refractivity contribution in [3.8, 4) is 0 Å². The molecule has 1 aromatic carbocycles. The molecule has 0 aliphatic rings. The summed E-state index contributed by atoms with van der Waals surface area (Å²) in [6.45, 7) is 1.69. The van der Waals surface area contributed by atoms with Crippen LogP contribution in [0, 0.1) is 6.92 Å². The normalized spacial score (nSPS) is 11.5. The lowest BCUT2D eigenvalue weighted by Gasteiger charge is -2.10. The van der Waals surface area contributed by atoms with E-state index in [1.165, 1.54) is 12.1 Å². The van der Waals surface area contributed by atoms with Gasteiger partial charge in [-0.2, -0.15) is 0 Å². The second-order valence-corrected chi connectivity index (χ2v) is 7.13. The van der Waals surface area contributed by atoms with Crippen LogP contribution in [0.5, 0.6) is 0 Å². The first kappa shape index (κ1) is 14.4. The van der Waals surface area contributed by atoms with E-state index in [2.05, 4.69) is 41.7 Å². The van der Waals surface area contributed by atoms with Crippen LogP contribution in [0.2, 0.25) is 0 Å². The van der Waals surface area contributed by atoms with Crippen molar-refractivity contribution in [1.82, 2.24) is 5.16 Å². The molecule has 102 valence electrons. The molecule has 0 saturated carbocycles. The van der Waals surface area contributed by atoms with Crippen LogP contribution in [0.3, 0.4) is 0 Å². The Morgan fingerprint density at radius 2 is 2.00 bits per heavy atom. The van der Waals surface area contributed by atoms with Crippen LogP contribution in [-0.2, 0) is 10.0 Å². The van der Waals surface area contributed by atoms with Gasteiger partial charge in [0.15, 0.2) is 0 Å². The molecular weight excluding hydrogens is 402 g/mol. The Bertz CT molecular complexity index is 704. The van der Waals surface area contributed by atoms with Crippen molar-refractivity contribution < 1.29 is 12.9 Å². The van der Waals surface area contributed by atoms with Gasteiger partial charge in [0.05, 0.1) is 11.4 Å². The third-order valence-corrected chi connectivity index (χ3v) is 4.98. The summed E-state index contributed by atoms with van der Waals surface area (Å²) in [5, 5.41) is 3.60. The minimum Gasteiger partial charge on any atom is -0.398 e. The fraction of sp³-hybridized carbons (Fsp3) is 0.100. The number of nitrogens with two attached hydrogens (primary N) is 1. The average molecular weight is 411 g/mol. The molecule has 9 heteroatoms. The first-order chi connectivity index (χ1) is 8.79. The van der Waals surface area contributed by atoms with E-state index >= 15 is 0 Å². The molecule has 19 heavy (non-hydrogen) atoms. The summed E-state index contributed by atoms with van der Waals surface area (Å²) in [6, 6.07) is 4.57. The Hall–Kier alpha value is -1.06. The van der Waals surface area contributed by atoms with Gasteiger partial charge in [0.2, 0.25) is 5.88 Å². The van der Waals surface area contributed by atoms with Gasteiger partial charge in [-0.3, -0.25) is 0 Å². The van der Waals surface area contributed by atoms with E-state index in [0.29, 0.717) is 14.6 Å². The van der Waals surface area contributed by atoms with Crippen LogP contribution in [0.1, 0.15) is 5.69 Å². The molecule has 0 aliphatic heterocycles. The summed E-state index contributed by atoms with van der Waals surface area (Å²) >= 11 is 6.41. The maximum atomic E-state index is 12.2. The van der Waals surface area contributed by atoms with Crippen molar-refractivity contribution in [1.29, 1.82) is 0 Å². The van der Waals surface area contributed by atoms with Crippen molar-refractivity contribution in [3.05, 3.63) is 32.8 Å². The van der Waals surface area contributed by atoms with E-state index in [0.717, 1.165) is 0 Å². The zero-order valence-corrected chi connectivity index (χ0v) is 13.6. The minimum atomic E-state index is -3.85. The largest absolute Gasteiger partial charge is 0.398 e. The molecule has 0 fully saturated rings. The molecule has 0 saturated heterocycles. The predicted octanol–water partition coefficient (Wildman–Crippen LogP) is 2.89. The van der Waals surface area contributed by atoms with Crippen molar-refractivity contribution in [3.63, 3.8) is 0 Å². The number of rotatable bonds is 3. The van der Waals surface area contributed by atoms with E-state index in [9.17, 15) is 8.42 Å². The zero-order chi connectivity index (χ0) is 14.2. The molecule has 0 aliphatic carbocycles. The van der Waals surface area contributed by atoms with Gasteiger partial charge in [0.1, 0.15) is 4.90 Å². The predicted molar refractivity (Wildman–Crippen MR) is 78.3 cm³/mol. The van der Waals surface area contributed by atoms with E-state index in [4.69, 9.17) is 10.3 Å². The van der Waals surface area contributed by atoms with Gasteiger partial charge in [-0.25, -0.2) is 13.1 Å². The molecule has 3 N–H and O–H groups in total. The van der Waals surface area contributed by atoms with Gasteiger partial charge in [-0.15, -0.1) is 0 Å². The Morgan fingerprint density at radius 1 is 1.32 bits per heavy atom. The molecule has 2 aromatic rings. The Labute approximate surface area is 126 Å². The number of anilines is 2. The number of nitrogens with zero attached hydrogens (tertiary/aromatic N) is 1. The number of nitrogens with one attached hydrogen (secondary N) is 1. The Kier molecular flexibility index (Phi) is 3.88. The molecule has 0 radical (unpaired) electrons. The number of nitrogen functional groups attached to an aromatic ring is 1. The lowest BCUT2D eigenvalue weighted by molar-refractivity contribution is 0.430. The maximum Gasteiger partial charge on any atom is 0.267 e. The summed E-state index contributed by atoms with van der Waals surface area (Å²) in [5.41, 5.74) is 6.43. The molecular formula is C10H9Br2N3O3S. The number of hydrogen-bond donors (Lipinski definition) is 2. The van der Waals surface area contributed by atoms with Crippen molar-refractivity contribution in [2.75, 3.05) is 10.5 Å². The summed E-state index contributed by atoms with van der Waals surface area (Å²) in [4.78, 5) is -0.0512. The number of sulfonamides is 1. The third kappa shape index (κ3) is 3.10. The molecule has 2 rings (SSSR count). The van der Waals surface area contributed by atoms with Gasteiger partial charge in [0.25, 0.3) is 10.0 Å². The van der Waals surface area contributed by atoms with Crippen LogP contribution in [0.15, 0.2) is 36.6 Å². The lowest BCUT2D eigenvalue weighted by Crippen LogP contribution is -2.15. The Morgan fingerprint density at radius 3 is 2.53 bits per heavy atom. The van der Waals surface area contributed by atoms with Crippen molar-refractivity contribution in [2.45, 2.75) is 11.8 Å². The first-order valence-electron chi connectivity index (χ1n) is 5.00. The molecule has 0 bridgehead atoms. The van der Waals surface area contributed by atoms with Crippen LogP contribution in [0.25, 0.3) is 0 Å². The standard InChI is InChI=1S/C10H9Br2N3O3S/c1-5-2-9(18-14-5)15-19(16,17)10-7(12)3-6(11)4-8(10)13/h2-4,15H,13H2,1H3. The highest BCUT2D eigenvalue weighted by Crippen LogP contribution is 2.32. The van der Waals surface area contributed by atoms with Gasteiger partial charge in [-0.1, -0.05) is 21.1 Å². The molecule has 1 aromatic heterocycles. The van der Waals surface area contributed by atoms with Gasteiger partial charge in [0, 0.05) is 15.0 Å². The average Bonchev–Trinajstić information content (AvgIpc) is 2.60. The van der Waals surface area contributed by atoms with Gasteiger partial charge >= 0.3 is 0 Å². The summed E-state index contributed by atoms with van der Waals surface area (Å²) in [5.74, 6) is 0.0340. The monoisotopic (exact) mass is 409 g/mol. The Balaban J connectivity index is 2.45. The SMILES string of the molecule is Cc1cc(NS(=O)(=O)c2c(N)cc(Br)cc2Br)on1. The number of aryl methyl sites for hydroxylation is 1. The van der Waals surface area contributed by atoms with Crippen LogP contribution >= 0.6 is 31.9 Å². The van der Waals surface area contributed by atoms with Gasteiger partial charge < -0.3 is 10.3 Å². The van der Waals surface area contributed by atoms with E-state index in [1.807, 2.05) is 0 Å². The van der Waals surface area contributed by atoms with Gasteiger partial charge in [-0.05, 0) is 35.0 Å². The number of benzene rings is 1. The van der Waals surface area contributed by atoms with E-state index in [-0.39, 0.29) is 16.5 Å². The first-order valence-corrected chi connectivity index (χ1v) is 8.07. The second-order valence-electron chi connectivity index (χ2n) is 3.74. The molecule has 0 spiro atoms.